The number of methoxy groups -OCH3 is 2. The fraction of sp³-hybridized carbons (Fsp3) is 1.00. The second kappa shape index (κ2) is 5.48. The first-order valence-corrected chi connectivity index (χ1v) is 6.56. The van der Waals surface area contributed by atoms with Crippen molar-refractivity contribution in [3.63, 3.8) is 0 Å². The van der Waals surface area contributed by atoms with Gasteiger partial charge in [-0.1, -0.05) is 12.8 Å². The van der Waals surface area contributed by atoms with Crippen LogP contribution in [0.3, 0.4) is 0 Å². The molecule has 0 saturated heterocycles. The zero-order valence-corrected chi connectivity index (χ0v) is 10.6. The Kier molecular flexibility index (Phi) is 4.22. The molecule has 0 aromatic heterocycles. The molecule has 3 atom stereocenters. The summed E-state index contributed by atoms with van der Waals surface area (Å²) in [6, 6.07) is 0. The van der Waals surface area contributed by atoms with E-state index in [9.17, 15) is 0 Å². The molecular formula is C13H25NO2. The maximum atomic E-state index is 5.67. The van der Waals surface area contributed by atoms with Crippen LogP contribution in [0.1, 0.15) is 32.1 Å². The van der Waals surface area contributed by atoms with Crippen LogP contribution < -0.4 is 5.32 Å². The van der Waals surface area contributed by atoms with Gasteiger partial charge in [-0.2, -0.15) is 0 Å². The molecule has 3 heteroatoms. The van der Waals surface area contributed by atoms with E-state index in [2.05, 4.69) is 5.32 Å². The van der Waals surface area contributed by atoms with Crippen molar-refractivity contribution in [2.24, 2.45) is 11.3 Å². The summed E-state index contributed by atoms with van der Waals surface area (Å²) in [6.07, 6.45) is 7.28. The molecular weight excluding hydrogens is 202 g/mol. The number of rotatable bonds is 6. The highest BCUT2D eigenvalue weighted by molar-refractivity contribution is 5.09. The summed E-state index contributed by atoms with van der Waals surface area (Å²) >= 11 is 0. The predicted octanol–water partition coefficient (Wildman–Crippen LogP) is 1.82. The Morgan fingerprint density at radius 2 is 2.19 bits per heavy atom. The Morgan fingerprint density at radius 3 is 2.94 bits per heavy atom. The number of nitrogens with one attached hydrogen (secondary N) is 1. The van der Waals surface area contributed by atoms with E-state index < -0.39 is 0 Å². The van der Waals surface area contributed by atoms with E-state index in [-0.39, 0.29) is 0 Å². The molecule has 2 saturated carbocycles. The van der Waals surface area contributed by atoms with E-state index in [1.807, 2.05) is 7.11 Å². The Balaban J connectivity index is 1.73. The van der Waals surface area contributed by atoms with Gasteiger partial charge < -0.3 is 14.8 Å². The van der Waals surface area contributed by atoms with Crippen molar-refractivity contribution in [1.29, 1.82) is 0 Å². The summed E-state index contributed by atoms with van der Waals surface area (Å²) < 4.78 is 10.7. The van der Waals surface area contributed by atoms with E-state index in [0.717, 1.165) is 25.6 Å². The Bertz CT molecular complexity index is 222. The third-order valence-corrected chi connectivity index (χ3v) is 4.44. The maximum absolute atomic E-state index is 5.67. The van der Waals surface area contributed by atoms with Crippen LogP contribution in [0.5, 0.6) is 0 Å². The van der Waals surface area contributed by atoms with Gasteiger partial charge in [-0.05, 0) is 31.7 Å². The quantitative estimate of drug-likeness (QED) is 0.702. The number of ether oxygens (including phenoxy) is 2. The Hall–Kier alpha value is -0.120. The van der Waals surface area contributed by atoms with Crippen molar-refractivity contribution < 1.29 is 9.47 Å². The zero-order valence-electron chi connectivity index (χ0n) is 10.6. The molecule has 3 nitrogen and oxygen atoms in total. The number of hydrogen-bond acceptors (Lipinski definition) is 3. The summed E-state index contributed by atoms with van der Waals surface area (Å²) in [4.78, 5) is 0. The van der Waals surface area contributed by atoms with Crippen LogP contribution in [-0.2, 0) is 9.47 Å². The lowest BCUT2D eigenvalue weighted by molar-refractivity contribution is 0.00299. The minimum absolute atomic E-state index is 0.524. The zero-order chi connectivity index (χ0) is 11.4. The number of hydrogen-bond donors (Lipinski definition) is 1. The highest BCUT2D eigenvalue weighted by Crippen LogP contribution is 2.61. The van der Waals surface area contributed by atoms with Crippen molar-refractivity contribution in [3.05, 3.63) is 0 Å². The highest BCUT2D eigenvalue weighted by atomic mass is 16.5. The molecule has 0 aromatic rings. The normalized spacial score (nSPS) is 37.9. The molecule has 16 heavy (non-hydrogen) atoms. The first-order chi connectivity index (χ1) is 7.83. The van der Waals surface area contributed by atoms with E-state index in [0.29, 0.717) is 11.5 Å². The molecule has 1 N–H and O–H groups in total. The predicted molar refractivity (Wildman–Crippen MR) is 64.6 cm³/mol. The second-order valence-electron chi connectivity index (χ2n) is 5.30. The van der Waals surface area contributed by atoms with E-state index in [1.54, 1.807) is 7.11 Å². The summed E-state index contributed by atoms with van der Waals surface area (Å²) in [5, 5.41) is 3.48. The van der Waals surface area contributed by atoms with Crippen molar-refractivity contribution in [2.75, 3.05) is 33.9 Å². The van der Waals surface area contributed by atoms with Gasteiger partial charge in [0, 0.05) is 26.2 Å². The molecule has 2 aliphatic carbocycles. The van der Waals surface area contributed by atoms with Gasteiger partial charge in [-0.15, -0.1) is 0 Å². The average molecular weight is 227 g/mol. The molecule has 0 bridgehead atoms. The van der Waals surface area contributed by atoms with Crippen LogP contribution in [0.2, 0.25) is 0 Å². The molecule has 0 heterocycles. The van der Waals surface area contributed by atoms with Crippen molar-refractivity contribution in [1.82, 2.24) is 5.32 Å². The molecule has 0 amide bonds. The lowest BCUT2D eigenvalue weighted by Crippen LogP contribution is -2.32. The minimum Gasteiger partial charge on any atom is -0.383 e. The molecule has 2 fully saturated rings. The largest absolute Gasteiger partial charge is 0.383 e. The molecule has 94 valence electrons. The van der Waals surface area contributed by atoms with Crippen LogP contribution in [0.15, 0.2) is 0 Å². The van der Waals surface area contributed by atoms with Gasteiger partial charge in [-0.3, -0.25) is 0 Å². The Labute approximate surface area is 98.9 Å². The molecule has 1 spiro atoms. The van der Waals surface area contributed by atoms with Gasteiger partial charge >= 0.3 is 0 Å². The standard InChI is InChI=1S/C13H25NO2/c1-15-8-7-14-10-11-9-13(11)6-4-3-5-12(13)16-2/h11-12,14H,3-10H2,1-2H3. The molecule has 2 rings (SSSR count). The summed E-state index contributed by atoms with van der Waals surface area (Å²) in [7, 11) is 3.63. The fourth-order valence-corrected chi connectivity index (χ4v) is 3.41. The van der Waals surface area contributed by atoms with Crippen LogP contribution in [0, 0.1) is 11.3 Å². The summed E-state index contributed by atoms with van der Waals surface area (Å²) in [5.41, 5.74) is 0.535. The van der Waals surface area contributed by atoms with Gasteiger partial charge in [0.15, 0.2) is 0 Å². The molecule has 0 aliphatic heterocycles. The second-order valence-corrected chi connectivity index (χ2v) is 5.30. The maximum Gasteiger partial charge on any atom is 0.0630 e. The minimum atomic E-state index is 0.524. The van der Waals surface area contributed by atoms with E-state index >= 15 is 0 Å². The monoisotopic (exact) mass is 227 g/mol. The average Bonchev–Trinajstić information content (AvgIpc) is 2.99. The highest BCUT2D eigenvalue weighted by Gasteiger charge is 2.58. The first kappa shape index (κ1) is 12.3. The fourth-order valence-electron chi connectivity index (χ4n) is 3.41. The van der Waals surface area contributed by atoms with Crippen LogP contribution in [0.4, 0.5) is 0 Å². The smallest absolute Gasteiger partial charge is 0.0630 e. The molecule has 0 aromatic carbocycles. The van der Waals surface area contributed by atoms with Gasteiger partial charge in [-0.25, -0.2) is 0 Å². The van der Waals surface area contributed by atoms with Gasteiger partial charge in [0.2, 0.25) is 0 Å². The van der Waals surface area contributed by atoms with Crippen LogP contribution in [0.25, 0.3) is 0 Å². The Morgan fingerprint density at radius 1 is 1.31 bits per heavy atom. The third-order valence-electron chi connectivity index (χ3n) is 4.44. The van der Waals surface area contributed by atoms with Crippen molar-refractivity contribution in [3.8, 4) is 0 Å². The summed E-state index contributed by atoms with van der Waals surface area (Å²) in [6.45, 7) is 2.93. The molecule has 3 unspecified atom stereocenters. The van der Waals surface area contributed by atoms with Gasteiger partial charge in [0.05, 0.1) is 12.7 Å². The topological polar surface area (TPSA) is 30.5 Å². The summed E-state index contributed by atoms with van der Waals surface area (Å²) in [5.74, 6) is 0.842. The lowest BCUT2D eigenvalue weighted by Gasteiger charge is -2.32. The van der Waals surface area contributed by atoms with Gasteiger partial charge in [0.1, 0.15) is 0 Å². The van der Waals surface area contributed by atoms with E-state index in [1.165, 1.54) is 32.1 Å². The van der Waals surface area contributed by atoms with E-state index in [4.69, 9.17) is 9.47 Å². The van der Waals surface area contributed by atoms with Crippen LogP contribution in [-0.4, -0.2) is 40.0 Å². The van der Waals surface area contributed by atoms with Crippen molar-refractivity contribution in [2.45, 2.75) is 38.2 Å². The first-order valence-electron chi connectivity index (χ1n) is 6.56. The van der Waals surface area contributed by atoms with Crippen molar-refractivity contribution >= 4 is 0 Å². The lowest BCUT2D eigenvalue weighted by atomic mass is 9.81. The molecule has 2 aliphatic rings. The van der Waals surface area contributed by atoms with Crippen LogP contribution >= 0.6 is 0 Å². The molecule has 0 radical (unpaired) electrons. The SMILES string of the molecule is COCCNCC1CC12CCCCC2OC. The van der Waals surface area contributed by atoms with Gasteiger partial charge in [0.25, 0.3) is 0 Å². The third kappa shape index (κ3) is 2.41.